The van der Waals surface area contributed by atoms with Crippen LogP contribution in [-0.2, 0) is 25.1 Å². The lowest BCUT2D eigenvalue weighted by Gasteiger charge is -2.23. The third-order valence-electron chi connectivity index (χ3n) is 5.42. The van der Waals surface area contributed by atoms with Crippen LogP contribution in [0.2, 0.25) is 5.02 Å². The van der Waals surface area contributed by atoms with Crippen LogP contribution >= 0.6 is 11.6 Å². The molecular weight excluding hydrogens is 468 g/mol. The van der Waals surface area contributed by atoms with Gasteiger partial charge in [0, 0.05) is 50.5 Å². The molecule has 178 valence electrons. The predicted octanol–water partition coefficient (Wildman–Crippen LogP) is 2.72. The Hall–Kier alpha value is -2.47. The van der Waals surface area contributed by atoms with E-state index in [9.17, 15) is 8.42 Å². The van der Waals surface area contributed by atoms with Crippen LogP contribution in [0, 0.1) is 0 Å². The van der Waals surface area contributed by atoms with Gasteiger partial charge in [0.05, 0.1) is 29.5 Å². The number of aromatic nitrogens is 6. The molecule has 0 fully saturated rings. The quantitative estimate of drug-likeness (QED) is 0.395. The van der Waals surface area contributed by atoms with Gasteiger partial charge in [-0.05, 0) is 19.1 Å². The molecule has 2 atom stereocenters. The molecule has 0 saturated heterocycles. The maximum atomic E-state index is 13.4. The summed E-state index contributed by atoms with van der Waals surface area (Å²) in [7, 11) is -0.514. The Morgan fingerprint density at radius 1 is 1.06 bits per heavy atom. The van der Waals surface area contributed by atoms with E-state index in [4.69, 9.17) is 21.1 Å². The fraction of sp³-hybridized carbons (Fsp3) is 0.476. The molecule has 0 spiro atoms. The smallest absolute Gasteiger partial charge is 0.165 e. The summed E-state index contributed by atoms with van der Waals surface area (Å²) in [6.45, 7) is 3.99. The number of rotatable bonds is 11. The third kappa shape index (κ3) is 5.91. The lowest BCUT2D eigenvalue weighted by atomic mass is 10.1. The van der Waals surface area contributed by atoms with Gasteiger partial charge in [-0.25, -0.2) is 18.4 Å². The molecule has 0 amide bonds. The van der Waals surface area contributed by atoms with Gasteiger partial charge in [-0.2, -0.15) is 0 Å². The number of sulfone groups is 1. The normalized spacial score (nSPS) is 13.9. The fourth-order valence-electron chi connectivity index (χ4n) is 3.47. The Morgan fingerprint density at radius 2 is 1.73 bits per heavy atom. The van der Waals surface area contributed by atoms with Gasteiger partial charge in [-0.15, -0.1) is 10.2 Å². The highest BCUT2D eigenvalue weighted by Crippen LogP contribution is 2.27. The van der Waals surface area contributed by atoms with Crippen molar-refractivity contribution in [1.82, 2.24) is 29.7 Å². The zero-order chi connectivity index (χ0) is 24.0. The molecule has 0 unspecified atom stereocenters. The van der Waals surface area contributed by atoms with E-state index in [1.165, 1.54) is 12.4 Å². The molecule has 33 heavy (non-hydrogen) atoms. The average molecular weight is 495 g/mol. The molecule has 3 rings (SSSR count). The maximum Gasteiger partial charge on any atom is 0.165 e. The topological polar surface area (TPSA) is 122 Å². The van der Waals surface area contributed by atoms with Gasteiger partial charge in [-0.1, -0.05) is 18.5 Å². The zero-order valence-corrected chi connectivity index (χ0v) is 20.5. The van der Waals surface area contributed by atoms with Gasteiger partial charge < -0.3 is 14.0 Å². The Labute approximate surface area is 198 Å². The van der Waals surface area contributed by atoms with E-state index in [1.54, 1.807) is 51.1 Å². The lowest BCUT2D eigenvalue weighted by Crippen LogP contribution is -2.29. The van der Waals surface area contributed by atoms with Gasteiger partial charge in [-0.3, -0.25) is 4.98 Å². The first-order valence-electron chi connectivity index (χ1n) is 10.3. The number of pyridine rings is 1. The number of hydrogen-bond donors (Lipinski definition) is 0. The average Bonchev–Trinajstić information content (AvgIpc) is 3.21. The van der Waals surface area contributed by atoms with Crippen LogP contribution in [0.3, 0.4) is 0 Å². The minimum atomic E-state index is -3.66. The summed E-state index contributed by atoms with van der Waals surface area (Å²) in [6.07, 6.45) is 6.21. The van der Waals surface area contributed by atoms with Crippen molar-refractivity contribution >= 4 is 21.4 Å². The molecule has 0 aliphatic rings. The summed E-state index contributed by atoms with van der Waals surface area (Å²) in [6, 6.07) is 3.29. The molecule has 0 aliphatic heterocycles. The Kier molecular flexibility index (Phi) is 8.46. The second-order valence-electron chi connectivity index (χ2n) is 7.68. The van der Waals surface area contributed by atoms with Crippen LogP contribution in [-0.4, -0.2) is 70.8 Å². The maximum absolute atomic E-state index is 13.4. The van der Waals surface area contributed by atoms with Crippen LogP contribution < -0.4 is 0 Å². The Balaban J connectivity index is 1.97. The molecule has 10 nitrogen and oxygen atoms in total. The molecule has 0 aromatic carbocycles. The molecule has 0 N–H and O–H groups in total. The molecule has 0 bridgehead atoms. The summed E-state index contributed by atoms with van der Waals surface area (Å²) in [5.74, 6) is 0.432. The molecule has 3 aromatic heterocycles. The summed E-state index contributed by atoms with van der Waals surface area (Å²) in [5, 5.41) is 8.14. The Bertz CT molecular complexity index is 1140. The zero-order valence-electron chi connectivity index (χ0n) is 18.9. The summed E-state index contributed by atoms with van der Waals surface area (Å²) in [5.41, 5.74) is 0.710. The van der Waals surface area contributed by atoms with Gasteiger partial charge >= 0.3 is 0 Å². The van der Waals surface area contributed by atoms with Crippen LogP contribution in [0.1, 0.15) is 37.5 Å². The summed E-state index contributed by atoms with van der Waals surface area (Å²) in [4.78, 5) is 12.5. The van der Waals surface area contributed by atoms with E-state index in [1.807, 2.05) is 6.07 Å². The molecular formula is C21H27ClN6O4S. The first-order chi connectivity index (χ1) is 15.8. The standard InChI is InChI=1S/C21H27ClN6O4S/c1-14(20-24-9-17(22)10-25-20)15(2)33(29,30)13-19-26-27-21(16-6-5-7-23-8-16)28(19)18(11-31-3)12-32-4/h5-10,14-15,18H,11-13H2,1-4H3/t14-,15-/m0/s1. The van der Waals surface area contributed by atoms with Crippen LogP contribution in [0.4, 0.5) is 0 Å². The first-order valence-corrected chi connectivity index (χ1v) is 12.4. The monoisotopic (exact) mass is 494 g/mol. The van der Waals surface area contributed by atoms with Crippen molar-refractivity contribution in [1.29, 1.82) is 0 Å². The number of methoxy groups -OCH3 is 2. The van der Waals surface area contributed by atoms with Gasteiger partial charge in [0.15, 0.2) is 15.7 Å². The highest BCUT2D eigenvalue weighted by Gasteiger charge is 2.33. The molecule has 0 aliphatic carbocycles. The minimum Gasteiger partial charge on any atom is -0.382 e. The highest BCUT2D eigenvalue weighted by molar-refractivity contribution is 7.91. The summed E-state index contributed by atoms with van der Waals surface area (Å²) < 4.78 is 39.2. The van der Waals surface area contributed by atoms with E-state index in [0.29, 0.717) is 28.1 Å². The van der Waals surface area contributed by atoms with Crippen molar-refractivity contribution in [2.45, 2.75) is 36.8 Å². The molecule has 0 radical (unpaired) electrons. The molecule has 0 saturated carbocycles. The van der Waals surface area contributed by atoms with Crippen LogP contribution in [0.15, 0.2) is 36.9 Å². The second-order valence-corrected chi connectivity index (χ2v) is 10.5. The lowest BCUT2D eigenvalue weighted by molar-refractivity contribution is 0.0890. The van der Waals surface area contributed by atoms with Crippen molar-refractivity contribution < 1.29 is 17.9 Å². The van der Waals surface area contributed by atoms with E-state index in [-0.39, 0.29) is 25.0 Å². The number of nitrogens with zero attached hydrogens (tertiary/aromatic N) is 6. The van der Waals surface area contributed by atoms with E-state index < -0.39 is 21.0 Å². The van der Waals surface area contributed by atoms with Crippen LogP contribution in [0.5, 0.6) is 0 Å². The third-order valence-corrected chi connectivity index (χ3v) is 7.81. The molecule has 3 heterocycles. The highest BCUT2D eigenvalue weighted by atomic mass is 35.5. The summed E-state index contributed by atoms with van der Waals surface area (Å²) >= 11 is 5.86. The number of halogens is 1. The number of hydrogen-bond acceptors (Lipinski definition) is 9. The van der Waals surface area contributed by atoms with E-state index in [2.05, 4.69) is 25.1 Å². The van der Waals surface area contributed by atoms with Crippen molar-refractivity contribution in [3.05, 3.63) is 53.6 Å². The van der Waals surface area contributed by atoms with Crippen molar-refractivity contribution in [3.63, 3.8) is 0 Å². The van der Waals surface area contributed by atoms with Crippen molar-refractivity contribution in [2.24, 2.45) is 0 Å². The predicted molar refractivity (Wildman–Crippen MR) is 124 cm³/mol. The minimum absolute atomic E-state index is 0.288. The van der Waals surface area contributed by atoms with Crippen molar-refractivity contribution in [3.8, 4) is 11.4 Å². The second kappa shape index (κ2) is 11.1. The van der Waals surface area contributed by atoms with E-state index >= 15 is 0 Å². The van der Waals surface area contributed by atoms with E-state index in [0.717, 1.165) is 0 Å². The fourth-order valence-corrected chi connectivity index (χ4v) is 5.13. The molecule has 12 heteroatoms. The first kappa shape index (κ1) is 25.2. The SMILES string of the molecule is COCC(COC)n1c(CS(=O)(=O)[C@@H](C)[C@H](C)c2ncc(Cl)cn2)nnc1-c1cccnc1. The van der Waals surface area contributed by atoms with Gasteiger partial charge in [0.2, 0.25) is 0 Å². The van der Waals surface area contributed by atoms with Gasteiger partial charge in [0.1, 0.15) is 17.4 Å². The van der Waals surface area contributed by atoms with Gasteiger partial charge in [0.25, 0.3) is 0 Å². The number of ether oxygens (including phenoxy) is 2. The van der Waals surface area contributed by atoms with Crippen molar-refractivity contribution in [2.75, 3.05) is 27.4 Å². The Morgan fingerprint density at radius 3 is 2.30 bits per heavy atom. The largest absolute Gasteiger partial charge is 0.382 e. The van der Waals surface area contributed by atoms with Crippen LogP contribution in [0.25, 0.3) is 11.4 Å². The molecule has 3 aromatic rings.